The van der Waals surface area contributed by atoms with Crippen molar-refractivity contribution in [1.29, 1.82) is 0 Å². The smallest absolute Gasteiger partial charge is 0.212 e. The third kappa shape index (κ3) is 2.33. The predicted molar refractivity (Wildman–Crippen MR) is 58.9 cm³/mol. The van der Waals surface area contributed by atoms with Crippen molar-refractivity contribution in [2.75, 3.05) is 20.2 Å². The molecule has 4 heteroatoms. The third-order valence-electron chi connectivity index (χ3n) is 2.87. The molecule has 0 saturated carbocycles. The van der Waals surface area contributed by atoms with E-state index in [0.29, 0.717) is 0 Å². The van der Waals surface area contributed by atoms with Crippen LogP contribution in [0.4, 0.5) is 4.39 Å². The number of piperidine rings is 1. The maximum absolute atomic E-state index is 13.5. The van der Waals surface area contributed by atoms with Crippen LogP contribution in [-0.4, -0.2) is 26.0 Å². The average molecular weight is 225 g/mol. The second-order valence-corrected chi connectivity index (χ2v) is 3.90. The molecule has 0 unspecified atom stereocenters. The molecule has 0 atom stereocenters. The number of hydrogen-bond donors (Lipinski definition) is 1. The van der Waals surface area contributed by atoms with Crippen LogP contribution in [0.25, 0.3) is 0 Å². The summed E-state index contributed by atoms with van der Waals surface area (Å²) in [5, 5.41) is 3.22. The number of methoxy groups -OCH3 is 1. The Morgan fingerprint density at radius 2 is 1.94 bits per heavy atom. The van der Waals surface area contributed by atoms with Crippen LogP contribution >= 0.6 is 0 Å². The molecule has 0 bridgehead atoms. The van der Waals surface area contributed by atoms with Gasteiger partial charge in [-0.2, -0.15) is 0 Å². The van der Waals surface area contributed by atoms with Gasteiger partial charge in [0.2, 0.25) is 5.79 Å². The molecule has 88 valence electrons. The topological polar surface area (TPSA) is 30.5 Å². The largest absolute Gasteiger partial charge is 0.459 e. The first-order chi connectivity index (χ1) is 7.76. The van der Waals surface area contributed by atoms with Gasteiger partial charge in [0.15, 0.2) is 11.6 Å². The van der Waals surface area contributed by atoms with Gasteiger partial charge in [-0.05, 0) is 12.1 Å². The monoisotopic (exact) mass is 225 g/mol. The van der Waals surface area contributed by atoms with E-state index in [1.54, 1.807) is 25.3 Å². The van der Waals surface area contributed by atoms with Crippen molar-refractivity contribution in [3.63, 3.8) is 0 Å². The van der Waals surface area contributed by atoms with Crippen molar-refractivity contribution in [2.24, 2.45) is 0 Å². The van der Waals surface area contributed by atoms with Crippen molar-refractivity contribution in [3.8, 4) is 5.75 Å². The molecule has 0 spiro atoms. The molecule has 3 nitrogen and oxygen atoms in total. The van der Waals surface area contributed by atoms with Crippen molar-refractivity contribution >= 4 is 0 Å². The van der Waals surface area contributed by atoms with Crippen molar-refractivity contribution in [1.82, 2.24) is 5.32 Å². The van der Waals surface area contributed by atoms with Crippen LogP contribution in [0.5, 0.6) is 5.75 Å². The fraction of sp³-hybridized carbons (Fsp3) is 0.500. The van der Waals surface area contributed by atoms with E-state index in [4.69, 9.17) is 9.47 Å². The number of hydrogen-bond acceptors (Lipinski definition) is 3. The highest BCUT2D eigenvalue weighted by Crippen LogP contribution is 2.28. The summed E-state index contributed by atoms with van der Waals surface area (Å²) in [6.07, 6.45) is 1.44. The molecule has 2 rings (SSSR count). The Labute approximate surface area is 94.6 Å². The summed E-state index contributed by atoms with van der Waals surface area (Å²) in [4.78, 5) is 0. The number of rotatable bonds is 3. The lowest BCUT2D eigenvalue weighted by Crippen LogP contribution is -2.47. The van der Waals surface area contributed by atoms with E-state index in [1.807, 2.05) is 0 Å². The van der Waals surface area contributed by atoms with Crippen LogP contribution in [0.2, 0.25) is 0 Å². The van der Waals surface area contributed by atoms with E-state index in [-0.39, 0.29) is 11.6 Å². The van der Waals surface area contributed by atoms with Gasteiger partial charge < -0.3 is 14.8 Å². The van der Waals surface area contributed by atoms with E-state index < -0.39 is 5.79 Å². The van der Waals surface area contributed by atoms with Gasteiger partial charge >= 0.3 is 0 Å². The Hall–Kier alpha value is -1.13. The van der Waals surface area contributed by atoms with Gasteiger partial charge in [-0.3, -0.25) is 0 Å². The summed E-state index contributed by atoms with van der Waals surface area (Å²) in [7, 11) is 1.60. The first kappa shape index (κ1) is 11.4. The molecule has 0 radical (unpaired) electrons. The van der Waals surface area contributed by atoms with E-state index in [0.717, 1.165) is 25.9 Å². The summed E-state index contributed by atoms with van der Waals surface area (Å²) < 4.78 is 24.5. The highest BCUT2D eigenvalue weighted by Gasteiger charge is 2.34. The Morgan fingerprint density at radius 1 is 1.25 bits per heavy atom. The zero-order valence-corrected chi connectivity index (χ0v) is 9.33. The molecule has 1 N–H and O–H groups in total. The quantitative estimate of drug-likeness (QED) is 0.797. The summed E-state index contributed by atoms with van der Waals surface area (Å²) in [6.45, 7) is 1.64. The third-order valence-corrected chi connectivity index (χ3v) is 2.87. The first-order valence-corrected chi connectivity index (χ1v) is 5.45. The minimum absolute atomic E-state index is 0.256. The van der Waals surface area contributed by atoms with Crippen molar-refractivity contribution in [3.05, 3.63) is 30.1 Å². The lowest BCUT2D eigenvalue weighted by atomic mass is 10.1. The molecular weight excluding hydrogens is 209 g/mol. The number of benzene rings is 1. The average Bonchev–Trinajstić information content (AvgIpc) is 2.33. The zero-order valence-electron chi connectivity index (χ0n) is 9.33. The molecule has 1 aromatic rings. The first-order valence-electron chi connectivity index (χ1n) is 5.45. The standard InChI is InChI=1S/C12H16FNO2/c1-15-12(6-8-14-9-7-12)16-11-5-3-2-4-10(11)13/h2-5,14H,6-9H2,1H3. The Balaban J connectivity index is 2.15. The zero-order chi connectivity index (χ0) is 11.4. The minimum atomic E-state index is -0.687. The fourth-order valence-corrected chi connectivity index (χ4v) is 1.88. The summed E-state index contributed by atoms with van der Waals surface area (Å²) in [5.41, 5.74) is 0. The normalized spacial score (nSPS) is 19.4. The van der Waals surface area contributed by atoms with Crippen LogP contribution in [0.15, 0.2) is 24.3 Å². The molecule has 1 saturated heterocycles. The SMILES string of the molecule is COC1(Oc2ccccc2F)CCNCC1. The van der Waals surface area contributed by atoms with Crippen molar-refractivity contribution in [2.45, 2.75) is 18.6 Å². The van der Waals surface area contributed by atoms with E-state index >= 15 is 0 Å². The van der Waals surface area contributed by atoms with Crippen LogP contribution in [0, 0.1) is 5.82 Å². The summed E-state index contributed by atoms with van der Waals surface area (Å²) in [6, 6.07) is 6.41. The number of nitrogens with one attached hydrogen (secondary N) is 1. The van der Waals surface area contributed by atoms with Crippen LogP contribution < -0.4 is 10.1 Å². The van der Waals surface area contributed by atoms with E-state index in [9.17, 15) is 4.39 Å². The molecule has 16 heavy (non-hydrogen) atoms. The molecule has 1 fully saturated rings. The Morgan fingerprint density at radius 3 is 2.56 bits per heavy atom. The van der Waals surface area contributed by atoms with Gasteiger partial charge in [0.1, 0.15) is 0 Å². The second-order valence-electron chi connectivity index (χ2n) is 3.90. The molecule has 1 heterocycles. The predicted octanol–water partition coefficient (Wildman–Crippen LogP) is 1.93. The van der Waals surface area contributed by atoms with Gasteiger partial charge in [0.25, 0.3) is 0 Å². The van der Waals surface area contributed by atoms with Gasteiger partial charge in [-0.25, -0.2) is 4.39 Å². The lowest BCUT2D eigenvalue weighted by Gasteiger charge is -2.36. The number of para-hydroxylation sites is 1. The highest BCUT2D eigenvalue weighted by molar-refractivity contribution is 5.24. The molecule has 0 aromatic heterocycles. The highest BCUT2D eigenvalue weighted by atomic mass is 19.1. The van der Waals surface area contributed by atoms with Gasteiger partial charge in [-0.1, -0.05) is 12.1 Å². The molecule has 1 aliphatic heterocycles. The Kier molecular flexibility index (Phi) is 3.41. The van der Waals surface area contributed by atoms with Crippen LogP contribution in [0.1, 0.15) is 12.8 Å². The lowest BCUT2D eigenvalue weighted by molar-refractivity contribution is -0.180. The summed E-state index contributed by atoms with van der Waals surface area (Å²) >= 11 is 0. The molecule has 0 amide bonds. The van der Waals surface area contributed by atoms with Gasteiger partial charge in [-0.15, -0.1) is 0 Å². The van der Waals surface area contributed by atoms with Gasteiger partial charge in [0, 0.05) is 33.0 Å². The maximum Gasteiger partial charge on any atom is 0.212 e. The molecule has 1 aromatic carbocycles. The van der Waals surface area contributed by atoms with E-state index in [1.165, 1.54) is 6.07 Å². The van der Waals surface area contributed by atoms with E-state index in [2.05, 4.69) is 5.32 Å². The maximum atomic E-state index is 13.5. The Bertz CT molecular complexity index is 351. The molecule has 1 aliphatic rings. The fourth-order valence-electron chi connectivity index (χ4n) is 1.88. The molecule has 0 aliphatic carbocycles. The number of ether oxygens (including phenoxy) is 2. The minimum Gasteiger partial charge on any atom is -0.459 e. The van der Waals surface area contributed by atoms with Crippen LogP contribution in [-0.2, 0) is 4.74 Å². The van der Waals surface area contributed by atoms with Gasteiger partial charge in [0.05, 0.1) is 0 Å². The summed E-state index contributed by atoms with van der Waals surface area (Å²) in [5.74, 6) is -0.781. The molecular formula is C12H16FNO2. The number of halogens is 1. The van der Waals surface area contributed by atoms with Crippen LogP contribution in [0.3, 0.4) is 0 Å². The van der Waals surface area contributed by atoms with Crippen molar-refractivity contribution < 1.29 is 13.9 Å². The second kappa shape index (κ2) is 4.80.